The highest BCUT2D eigenvalue weighted by molar-refractivity contribution is 5.89. The predicted octanol–water partition coefficient (Wildman–Crippen LogP) is 1.88. The van der Waals surface area contributed by atoms with Crippen molar-refractivity contribution in [3.8, 4) is 0 Å². The largest absolute Gasteiger partial charge is 0.470 e. The number of rotatable bonds is 3. The number of carbonyl (C=O) groups is 1. The standard InChI is InChI=1S/C13H15NO3/c1-2-16-13(15)10-8-11(17-12(10)14)9-6-4-3-5-7-9/h3-7,11H,2,8,14H2,1H3. The van der Waals surface area contributed by atoms with Crippen molar-refractivity contribution in [3.63, 3.8) is 0 Å². The fraction of sp³-hybridized carbons (Fsp3) is 0.308. The summed E-state index contributed by atoms with van der Waals surface area (Å²) in [6, 6.07) is 9.69. The molecule has 0 fully saturated rings. The van der Waals surface area contributed by atoms with Gasteiger partial charge in [0.15, 0.2) is 5.88 Å². The van der Waals surface area contributed by atoms with E-state index in [0.29, 0.717) is 18.6 Å². The van der Waals surface area contributed by atoms with Gasteiger partial charge in [0.25, 0.3) is 0 Å². The lowest BCUT2D eigenvalue weighted by Gasteiger charge is -2.10. The van der Waals surface area contributed by atoms with Crippen molar-refractivity contribution in [2.75, 3.05) is 6.61 Å². The van der Waals surface area contributed by atoms with Crippen LogP contribution in [0.25, 0.3) is 0 Å². The second-order valence-corrected chi connectivity index (χ2v) is 3.78. The lowest BCUT2D eigenvalue weighted by molar-refractivity contribution is -0.138. The molecule has 0 saturated carbocycles. The molecule has 17 heavy (non-hydrogen) atoms. The van der Waals surface area contributed by atoms with Crippen LogP contribution in [0.4, 0.5) is 0 Å². The summed E-state index contributed by atoms with van der Waals surface area (Å²) in [5.74, 6) is -0.208. The van der Waals surface area contributed by atoms with Crippen LogP contribution in [0.15, 0.2) is 41.8 Å². The minimum Gasteiger partial charge on any atom is -0.470 e. The third-order valence-electron chi connectivity index (χ3n) is 2.65. The van der Waals surface area contributed by atoms with Crippen molar-refractivity contribution in [2.45, 2.75) is 19.4 Å². The molecule has 0 bridgehead atoms. The molecule has 1 aliphatic rings. The minimum absolute atomic E-state index is 0.178. The van der Waals surface area contributed by atoms with E-state index in [9.17, 15) is 4.79 Å². The first-order valence-electron chi connectivity index (χ1n) is 5.59. The minimum atomic E-state index is -0.386. The molecule has 1 heterocycles. The van der Waals surface area contributed by atoms with Gasteiger partial charge in [-0.15, -0.1) is 0 Å². The highest BCUT2D eigenvalue weighted by atomic mass is 16.5. The van der Waals surface area contributed by atoms with Gasteiger partial charge in [0.05, 0.1) is 6.61 Å². The van der Waals surface area contributed by atoms with E-state index in [2.05, 4.69) is 0 Å². The van der Waals surface area contributed by atoms with Gasteiger partial charge in [0.1, 0.15) is 11.7 Å². The number of benzene rings is 1. The summed E-state index contributed by atoms with van der Waals surface area (Å²) in [7, 11) is 0. The third-order valence-corrected chi connectivity index (χ3v) is 2.65. The van der Waals surface area contributed by atoms with E-state index in [-0.39, 0.29) is 18.0 Å². The Kier molecular flexibility index (Phi) is 3.32. The SMILES string of the molecule is CCOC(=O)C1=C(N)OC(c2ccccc2)C1. The van der Waals surface area contributed by atoms with Gasteiger partial charge >= 0.3 is 5.97 Å². The van der Waals surface area contributed by atoms with Crippen molar-refractivity contribution < 1.29 is 14.3 Å². The first kappa shape index (κ1) is 11.5. The Morgan fingerprint density at radius 3 is 2.82 bits per heavy atom. The van der Waals surface area contributed by atoms with Crippen LogP contribution >= 0.6 is 0 Å². The van der Waals surface area contributed by atoms with Gasteiger partial charge in [-0.2, -0.15) is 0 Å². The van der Waals surface area contributed by atoms with Gasteiger partial charge in [-0.1, -0.05) is 30.3 Å². The van der Waals surface area contributed by atoms with Crippen LogP contribution in [0, 0.1) is 0 Å². The Bertz CT molecular complexity index is 439. The predicted molar refractivity (Wildman–Crippen MR) is 62.7 cm³/mol. The number of esters is 1. The van der Waals surface area contributed by atoms with E-state index in [1.807, 2.05) is 30.3 Å². The second kappa shape index (κ2) is 4.91. The molecule has 4 heteroatoms. The Hall–Kier alpha value is -1.97. The molecule has 1 unspecified atom stereocenters. The molecule has 0 aliphatic carbocycles. The molecular weight excluding hydrogens is 218 g/mol. The highest BCUT2D eigenvalue weighted by Gasteiger charge is 2.30. The van der Waals surface area contributed by atoms with E-state index in [1.54, 1.807) is 6.92 Å². The average molecular weight is 233 g/mol. The molecule has 90 valence electrons. The summed E-state index contributed by atoms with van der Waals surface area (Å²) >= 11 is 0. The van der Waals surface area contributed by atoms with Crippen LogP contribution in [0.3, 0.4) is 0 Å². The maximum absolute atomic E-state index is 11.6. The van der Waals surface area contributed by atoms with Crippen molar-refractivity contribution in [3.05, 3.63) is 47.4 Å². The Labute approximate surface area is 100 Å². The van der Waals surface area contributed by atoms with Gasteiger partial charge in [-0.25, -0.2) is 4.79 Å². The lowest BCUT2D eigenvalue weighted by Crippen LogP contribution is -2.10. The van der Waals surface area contributed by atoms with Crippen molar-refractivity contribution in [1.82, 2.24) is 0 Å². The molecule has 0 saturated heterocycles. The summed E-state index contributed by atoms with van der Waals surface area (Å²) in [5, 5.41) is 0. The van der Waals surface area contributed by atoms with E-state index in [1.165, 1.54) is 0 Å². The number of ether oxygens (including phenoxy) is 2. The quantitative estimate of drug-likeness (QED) is 0.810. The van der Waals surface area contributed by atoms with Crippen LogP contribution < -0.4 is 5.73 Å². The van der Waals surface area contributed by atoms with Crippen LogP contribution in [0.1, 0.15) is 25.0 Å². The number of hydrogen-bond acceptors (Lipinski definition) is 4. The Balaban J connectivity index is 2.09. The van der Waals surface area contributed by atoms with Gasteiger partial charge in [0.2, 0.25) is 0 Å². The molecule has 1 atom stereocenters. The van der Waals surface area contributed by atoms with Crippen LogP contribution in [-0.2, 0) is 14.3 Å². The smallest absolute Gasteiger partial charge is 0.339 e. The normalized spacial score (nSPS) is 19.0. The molecular formula is C13H15NO3. The highest BCUT2D eigenvalue weighted by Crippen LogP contribution is 2.34. The van der Waals surface area contributed by atoms with Crippen molar-refractivity contribution >= 4 is 5.97 Å². The van der Waals surface area contributed by atoms with Gasteiger partial charge in [-0.05, 0) is 12.5 Å². The lowest BCUT2D eigenvalue weighted by atomic mass is 10.0. The molecule has 0 spiro atoms. The fourth-order valence-corrected chi connectivity index (χ4v) is 1.81. The maximum atomic E-state index is 11.6. The number of hydrogen-bond donors (Lipinski definition) is 1. The molecule has 4 nitrogen and oxygen atoms in total. The van der Waals surface area contributed by atoms with Crippen LogP contribution in [-0.4, -0.2) is 12.6 Å². The fourth-order valence-electron chi connectivity index (χ4n) is 1.81. The van der Waals surface area contributed by atoms with Crippen LogP contribution in [0.2, 0.25) is 0 Å². The molecule has 1 aliphatic heterocycles. The zero-order valence-electron chi connectivity index (χ0n) is 9.68. The van der Waals surface area contributed by atoms with E-state index < -0.39 is 0 Å². The summed E-state index contributed by atoms with van der Waals surface area (Å²) in [5.41, 5.74) is 7.13. The second-order valence-electron chi connectivity index (χ2n) is 3.78. The van der Waals surface area contributed by atoms with E-state index in [0.717, 1.165) is 5.56 Å². The number of nitrogens with two attached hydrogens (primary N) is 1. The molecule has 1 aromatic rings. The summed E-state index contributed by atoms with van der Waals surface area (Å²) in [6.07, 6.45) is 0.282. The number of carbonyl (C=O) groups excluding carboxylic acids is 1. The molecule has 0 aromatic heterocycles. The van der Waals surface area contributed by atoms with E-state index >= 15 is 0 Å². The first-order chi connectivity index (χ1) is 8.22. The summed E-state index contributed by atoms with van der Waals surface area (Å²) in [4.78, 5) is 11.6. The van der Waals surface area contributed by atoms with Gasteiger partial charge < -0.3 is 15.2 Å². The average Bonchev–Trinajstić information content (AvgIpc) is 2.73. The zero-order valence-corrected chi connectivity index (χ0v) is 9.68. The zero-order chi connectivity index (χ0) is 12.3. The Morgan fingerprint density at radius 1 is 1.47 bits per heavy atom. The van der Waals surface area contributed by atoms with Gasteiger partial charge in [0, 0.05) is 6.42 Å². The van der Waals surface area contributed by atoms with Gasteiger partial charge in [-0.3, -0.25) is 0 Å². The first-order valence-corrected chi connectivity index (χ1v) is 5.59. The molecule has 2 rings (SSSR count). The van der Waals surface area contributed by atoms with Crippen molar-refractivity contribution in [1.29, 1.82) is 0 Å². The third kappa shape index (κ3) is 2.41. The Morgan fingerprint density at radius 2 is 2.18 bits per heavy atom. The van der Waals surface area contributed by atoms with E-state index in [4.69, 9.17) is 15.2 Å². The van der Waals surface area contributed by atoms with Crippen molar-refractivity contribution in [2.24, 2.45) is 5.73 Å². The molecule has 1 aromatic carbocycles. The molecule has 2 N–H and O–H groups in total. The molecule has 0 amide bonds. The maximum Gasteiger partial charge on any atom is 0.339 e. The van der Waals surface area contributed by atoms with Crippen LogP contribution in [0.5, 0.6) is 0 Å². The topological polar surface area (TPSA) is 61.5 Å². The summed E-state index contributed by atoms with van der Waals surface area (Å²) < 4.78 is 10.4. The monoisotopic (exact) mass is 233 g/mol. The summed E-state index contributed by atoms with van der Waals surface area (Å²) in [6.45, 7) is 2.10. The molecule has 0 radical (unpaired) electrons.